The number of fused-ring (bicyclic) bond motifs is 2. The Morgan fingerprint density at radius 1 is 1.18 bits per heavy atom. The monoisotopic (exact) mass is 527 g/mol. The van der Waals surface area contributed by atoms with Crippen LogP contribution in [0, 0.1) is 5.82 Å². The molecule has 1 fully saturated rings. The summed E-state index contributed by atoms with van der Waals surface area (Å²) in [7, 11) is 5.84. The van der Waals surface area contributed by atoms with Gasteiger partial charge < -0.3 is 20.4 Å². The standard InChI is InChI=1S/C29H30FN7O2/c1-35(2)16-23-19(17-8-10-36(3)27(38)12-17)5-7-25(34-23)33-22-6-4-20(21-14-32-29(39)28(21)22)24-15-31-26-13-18(30)9-11-37(24)26/h4-7,9,11,13,15,17H,8,10,12,14,16H2,1-3H3,(H,32,39)(H,33,34)/t17-/m0/s1. The fourth-order valence-electron chi connectivity index (χ4n) is 5.57. The molecule has 0 spiro atoms. The van der Waals surface area contributed by atoms with E-state index in [-0.39, 0.29) is 23.5 Å². The number of carbonyl (C=O) groups excluding carboxylic acids is 2. The lowest BCUT2D eigenvalue weighted by atomic mass is 9.88. The number of piperidine rings is 1. The molecule has 2 N–H and O–H groups in total. The number of pyridine rings is 2. The van der Waals surface area contributed by atoms with Gasteiger partial charge in [-0.25, -0.2) is 14.4 Å². The van der Waals surface area contributed by atoms with Crippen LogP contribution in [0.5, 0.6) is 0 Å². The van der Waals surface area contributed by atoms with E-state index in [4.69, 9.17) is 4.98 Å². The van der Waals surface area contributed by atoms with Crippen molar-refractivity contribution in [1.82, 2.24) is 29.5 Å². The van der Waals surface area contributed by atoms with Crippen LogP contribution in [0.2, 0.25) is 0 Å². The van der Waals surface area contributed by atoms with Gasteiger partial charge in [-0.2, -0.15) is 0 Å². The van der Waals surface area contributed by atoms with Crippen molar-refractivity contribution in [2.45, 2.75) is 31.8 Å². The molecule has 3 aromatic heterocycles. The van der Waals surface area contributed by atoms with E-state index in [9.17, 15) is 14.0 Å². The zero-order chi connectivity index (χ0) is 27.3. The first-order valence-electron chi connectivity index (χ1n) is 13.0. The van der Waals surface area contributed by atoms with Gasteiger partial charge in [0.2, 0.25) is 5.91 Å². The predicted molar refractivity (Wildman–Crippen MR) is 146 cm³/mol. The topological polar surface area (TPSA) is 94.9 Å². The second-order valence-corrected chi connectivity index (χ2v) is 10.5. The number of nitrogens with zero attached hydrogens (tertiary/aromatic N) is 5. The first-order chi connectivity index (χ1) is 18.8. The quantitative estimate of drug-likeness (QED) is 0.395. The Labute approximate surface area is 225 Å². The lowest BCUT2D eigenvalue weighted by Crippen LogP contribution is -2.35. The summed E-state index contributed by atoms with van der Waals surface area (Å²) in [4.78, 5) is 38.5. The van der Waals surface area contributed by atoms with E-state index in [2.05, 4.69) is 26.6 Å². The summed E-state index contributed by atoms with van der Waals surface area (Å²) in [6.45, 7) is 1.76. The number of aromatic nitrogens is 3. The number of hydrogen-bond donors (Lipinski definition) is 2. The molecule has 0 saturated carbocycles. The fourth-order valence-corrected chi connectivity index (χ4v) is 5.57. The Balaban J connectivity index is 1.35. The third-order valence-corrected chi connectivity index (χ3v) is 7.55. The van der Waals surface area contributed by atoms with E-state index in [1.54, 1.807) is 17.3 Å². The molecular formula is C29H30FN7O2. The molecule has 0 aliphatic carbocycles. The SMILES string of the molecule is CN(C)Cc1nc(Nc2ccc(-c3cnc4cc(F)ccn34)c3c2C(=O)NC3)ccc1[C@H]1CCN(C)C(=O)C1. The van der Waals surface area contributed by atoms with Crippen molar-refractivity contribution in [3.05, 3.63) is 77.0 Å². The first-order valence-corrected chi connectivity index (χ1v) is 13.0. The van der Waals surface area contributed by atoms with Crippen molar-refractivity contribution in [3.8, 4) is 11.3 Å². The van der Waals surface area contributed by atoms with Crippen molar-refractivity contribution >= 4 is 29.0 Å². The molecule has 6 rings (SSSR count). The summed E-state index contributed by atoms with van der Waals surface area (Å²) in [6.07, 6.45) is 4.73. The molecule has 0 radical (unpaired) electrons. The molecular weight excluding hydrogens is 497 g/mol. The second-order valence-electron chi connectivity index (χ2n) is 10.5. The third-order valence-electron chi connectivity index (χ3n) is 7.55. The van der Waals surface area contributed by atoms with Gasteiger partial charge in [-0.15, -0.1) is 0 Å². The van der Waals surface area contributed by atoms with E-state index in [0.29, 0.717) is 42.2 Å². The van der Waals surface area contributed by atoms with Gasteiger partial charge in [0.05, 0.1) is 28.8 Å². The highest BCUT2D eigenvalue weighted by atomic mass is 19.1. The number of hydrogen-bond acceptors (Lipinski definition) is 6. The smallest absolute Gasteiger partial charge is 0.254 e. The number of halogens is 1. The number of rotatable bonds is 6. The van der Waals surface area contributed by atoms with Crippen LogP contribution in [-0.4, -0.2) is 63.7 Å². The summed E-state index contributed by atoms with van der Waals surface area (Å²) in [5, 5.41) is 6.31. The lowest BCUT2D eigenvalue weighted by Gasteiger charge is -2.30. The molecule has 1 atom stereocenters. The summed E-state index contributed by atoms with van der Waals surface area (Å²) >= 11 is 0. The van der Waals surface area contributed by atoms with E-state index in [0.717, 1.165) is 41.0 Å². The van der Waals surface area contributed by atoms with Crippen LogP contribution in [-0.2, 0) is 17.9 Å². The van der Waals surface area contributed by atoms with Gasteiger partial charge in [0.15, 0.2) is 0 Å². The molecule has 1 saturated heterocycles. The van der Waals surface area contributed by atoms with Crippen LogP contribution in [0.4, 0.5) is 15.9 Å². The van der Waals surface area contributed by atoms with Crippen molar-refractivity contribution in [2.24, 2.45) is 0 Å². The van der Waals surface area contributed by atoms with Gasteiger partial charge in [0.25, 0.3) is 5.91 Å². The molecule has 0 unspecified atom stereocenters. The van der Waals surface area contributed by atoms with Gasteiger partial charge in [0, 0.05) is 50.9 Å². The van der Waals surface area contributed by atoms with Crippen LogP contribution in [0.25, 0.3) is 16.9 Å². The molecule has 200 valence electrons. The molecule has 2 aliphatic heterocycles. The number of likely N-dealkylation sites (tertiary alicyclic amines) is 1. The summed E-state index contributed by atoms with van der Waals surface area (Å²) in [6, 6.07) is 10.6. The molecule has 2 aliphatic rings. The molecule has 4 aromatic rings. The first kappa shape index (κ1) is 25.0. The number of anilines is 2. The van der Waals surface area contributed by atoms with Crippen LogP contribution < -0.4 is 10.6 Å². The molecule has 2 amide bonds. The fraction of sp³-hybridized carbons (Fsp3) is 0.310. The second kappa shape index (κ2) is 9.77. The van der Waals surface area contributed by atoms with Crippen LogP contribution in [0.15, 0.2) is 48.8 Å². The van der Waals surface area contributed by atoms with E-state index < -0.39 is 0 Å². The van der Waals surface area contributed by atoms with Crippen LogP contribution in [0.3, 0.4) is 0 Å². The lowest BCUT2D eigenvalue weighted by molar-refractivity contribution is -0.132. The van der Waals surface area contributed by atoms with E-state index in [1.165, 1.54) is 12.1 Å². The predicted octanol–water partition coefficient (Wildman–Crippen LogP) is 3.92. The highest BCUT2D eigenvalue weighted by Crippen LogP contribution is 2.36. The van der Waals surface area contributed by atoms with Crippen LogP contribution >= 0.6 is 0 Å². The highest BCUT2D eigenvalue weighted by Gasteiger charge is 2.29. The maximum atomic E-state index is 13.7. The molecule has 10 heteroatoms. The van der Waals surface area contributed by atoms with Crippen LogP contribution in [0.1, 0.15) is 45.9 Å². The minimum atomic E-state index is -0.351. The van der Waals surface area contributed by atoms with Gasteiger partial charge in [-0.1, -0.05) is 12.1 Å². The number of benzene rings is 1. The molecule has 0 bridgehead atoms. The van der Waals surface area contributed by atoms with Gasteiger partial charge in [0.1, 0.15) is 17.3 Å². The van der Waals surface area contributed by atoms with Gasteiger partial charge in [-0.3, -0.25) is 14.0 Å². The molecule has 9 nitrogen and oxygen atoms in total. The Kier molecular flexibility index (Phi) is 6.26. The average molecular weight is 528 g/mol. The largest absolute Gasteiger partial charge is 0.348 e. The van der Waals surface area contributed by atoms with E-state index >= 15 is 0 Å². The Morgan fingerprint density at radius 2 is 2.03 bits per heavy atom. The average Bonchev–Trinajstić information content (AvgIpc) is 3.49. The molecule has 5 heterocycles. The number of amides is 2. The van der Waals surface area contributed by atoms with Crippen molar-refractivity contribution in [3.63, 3.8) is 0 Å². The number of carbonyl (C=O) groups is 2. The summed E-state index contributed by atoms with van der Waals surface area (Å²) in [5.74, 6) is 0.412. The zero-order valence-electron chi connectivity index (χ0n) is 22.2. The minimum Gasteiger partial charge on any atom is -0.348 e. The summed E-state index contributed by atoms with van der Waals surface area (Å²) in [5.41, 5.74) is 6.23. The maximum Gasteiger partial charge on any atom is 0.254 e. The number of imidazole rings is 1. The maximum absolute atomic E-state index is 13.7. The van der Waals surface area contributed by atoms with Crippen molar-refractivity contribution < 1.29 is 14.0 Å². The number of nitrogens with one attached hydrogen (secondary N) is 2. The van der Waals surface area contributed by atoms with Crippen molar-refractivity contribution in [1.29, 1.82) is 0 Å². The summed E-state index contributed by atoms with van der Waals surface area (Å²) < 4.78 is 15.5. The molecule has 1 aromatic carbocycles. The van der Waals surface area contributed by atoms with Gasteiger partial charge in [-0.05, 0) is 55.8 Å². The van der Waals surface area contributed by atoms with E-state index in [1.807, 2.05) is 43.7 Å². The molecule has 39 heavy (non-hydrogen) atoms. The van der Waals surface area contributed by atoms with Crippen molar-refractivity contribution in [2.75, 3.05) is 33.0 Å². The highest BCUT2D eigenvalue weighted by molar-refractivity contribution is 6.06. The minimum absolute atomic E-state index is 0.137. The third kappa shape index (κ3) is 4.61. The Hall–Kier alpha value is -4.31. The Morgan fingerprint density at radius 3 is 2.82 bits per heavy atom. The Bertz CT molecular complexity index is 1610. The van der Waals surface area contributed by atoms with Gasteiger partial charge >= 0.3 is 0 Å². The zero-order valence-corrected chi connectivity index (χ0v) is 22.2. The normalized spacial score (nSPS) is 17.2.